The van der Waals surface area contributed by atoms with Gasteiger partial charge < -0.3 is 9.64 Å². The quantitative estimate of drug-likeness (QED) is 0.195. The standard InChI is InChI=1S/C28H28ClF6N9O/c1-15-13-43(24-22-25(39-26(29)38-24)44(41-40-22)14-19-4-3-9-45-19)16(2)12-42(15)23(20-7-5-17(10-36-20)27(30,31)32)21-8-6-18(11-37-21)28(33,34)35/h5-8,10-11,15-16,19,23H,3-4,9,12-14H2,1-2H3/t15-,16+,19+/m1/s1. The van der Waals surface area contributed by atoms with Gasteiger partial charge in [-0.1, -0.05) is 5.21 Å². The number of anilines is 1. The first kappa shape index (κ1) is 31.4. The number of alkyl halides is 6. The molecule has 4 aromatic rings. The number of ether oxygens (including phenoxy) is 1. The van der Waals surface area contributed by atoms with Gasteiger partial charge in [0.2, 0.25) is 5.28 Å². The minimum Gasteiger partial charge on any atom is -0.376 e. The van der Waals surface area contributed by atoms with E-state index in [9.17, 15) is 26.3 Å². The molecule has 17 heteroatoms. The van der Waals surface area contributed by atoms with E-state index in [1.807, 2.05) is 23.6 Å². The third-order valence-electron chi connectivity index (χ3n) is 8.14. The van der Waals surface area contributed by atoms with Crippen LogP contribution in [0.25, 0.3) is 11.2 Å². The topological polar surface area (TPSA) is 98.0 Å². The molecule has 0 amide bonds. The SMILES string of the molecule is C[C@@H]1CN(c2nc(Cl)nc3c2nnn3C[C@@H]2CCCO2)[C@@H](C)CN1C(c1ccc(C(F)(F)F)cn1)c1ccc(C(F)(F)F)cn1. The van der Waals surface area contributed by atoms with Crippen LogP contribution in [0.15, 0.2) is 36.7 Å². The molecule has 0 unspecified atom stereocenters. The number of halogens is 7. The van der Waals surface area contributed by atoms with Crippen molar-refractivity contribution in [2.45, 2.75) is 69.8 Å². The Bertz CT molecular complexity index is 1580. The average Bonchev–Trinajstić information content (AvgIpc) is 3.64. The van der Waals surface area contributed by atoms with Crippen molar-refractivity contribution < 1.29 is 31.1 Å². The van der Waals surface area contributed by atoms with E-state index in [1.165, 1.54) is 12.1 Å². The molecule has 0 bridgehead atoms. The maximum absolute atomic E-state index is 13.3. The van der Waals surface area contributed by atoms with Gasteiger partial charge in [-0.15, -0.1) is 5.10 Å². The van der Waals surface area contributed by atoms with Gasteiger partial charge in [0.1, 0.15) is 0 Å². The Hall–Kier alpha value is -3.63. The fourth-order valence-electron chi connectivity index (χ4n) is 5.89. The molecular weight excluding hydrogens is 628 g/mol. The maximum atomic E-state index is 13.3. The lowest BCUT2D eigenvalue weighted by molar-refractivity contribution is -0.138. The molecule has 0 aliphatic carbocycles. The van der Waals surface area contributed by atoms with Crippen LogP contribution < -0.4 is 4.90 Å². The first-order valence-electron chi connectivity index (χ1n) is 14.3. The largest absolute Gasteiger partial charge is 0.417 e. The molecule has 6 rings (SSSR count). The van der Waals surface area contributed by atoms with Crippen molar-refractivity contribution in [1.29, 1.82) is 0 Å². The number of fused-ring (bicyclic) bond motifs is 1. The van der Waals surface area contributed by atoms with Crippen molar-refractivity contribution in [3.05, 3.63) is 64.5 Å². The van der Waals surface area contributed by atoms with Crippen molar-refractivity contribution in [2.24, 2.45) is 0 Å². The van der Waals surface area contributed by atoms with Crippen molar-refractivity contribution >= 4 is 28.6 Å². The third-order valence-corrected chi connectivity index (χ3v) is 8.31. The Labute approximate surface area is 258 Å². The molecule has 2 aliphatic rings. The number of nitrogens with zero attached hydrogens (tertiary/aromatic N) is 9. The summed E-state index contributed by atoms with van der Waals surface area (Å²) in [6.07, 6.45) is -5.92. The lowest BCUT2D eigenvalue weighted by Crippen LogP contribution is -2.58. The Morgan fingerprint density at radius 2 is 1.56 bits per heavy atom. The zero-order valence-electron chi connectivity index (χ0n) is 24.1. The van der Waals surface area contributed by atoms with Gasteiger partial charge in [0, 0.05) is 44.2 Å². The molecule has 10 nitrogen and oxygen atoms in total. The maximum Gasteiger partial charge on any atom is 0.417 e. The van der Waals surface area contributed by atoms with E-state index in [1.54, 1.807) is 4.68 Å². The van der Waals surface area contributed by atoms with E-state index in [0.29, 0.717) is 43.2 Å². The normalized spacial score (nSPS) is 21.7. The van der Waals surface area contributed by atoms with Crippen LogP contribution in [0.1, 0.15) is 55.2 Å². The van der Waals surface area contributed by atoms with E-state index in [4.69, 9.17) is 16.3 Å². The Kier molecular flexibility index (Phi) is 8.33. The van der Waals surface area contributed by atoms with Gasteiger partial charge in [-0.2, -0.15) is 36.3 Å². The zero-order chi connectivity index (χ0) is 32.1. The number of aromatic nitrogens is 7. The molecular formula is C28H28ClF6N9O. The van der Waals surface area contributed by atoms with Crippen LogP contribution in [0.2, 0.25) is 5.28 Å². The van der Waals surface area contributed by atoms with E-state index in [0.717, 1.165) is 37.4 Å². The zero-order valence-corrected chi connectivity index (χ0v) is 24.9. The van der Waals surface area contributed by atoms with Crippen LogP contribution in [0.5, 0.6) is 0 Å². The Morgan fingerprint density at radius 3 is 2.09 bits per heavy atom. The number of piperazine rings is 1. The van der Waals surface area contributed by atoms with E-state index < -0.39 is 29.5 Å². The fraction of sp³-hybridized carbons (Fsp3) is 0.500. The molecule has 4 aromatic heterocycles. The second-order valence-electron chi connectivity index (χ2n) is 11.3. The van der Waals surface area contributed by atoms with Gasteiger partial charge in [-0.3, -0.25) is 14.9 Å². The van der Waals surface area contributed by atoms with Crippen molar-refractivity contribution in [1.82, 2.24) is 39.8 Å². The van der Waals surface area contributed by atoms with Gasteiger partial charge in [-0.25, -0.2) is 4.68 Å². The molecule has 6 heterocycles. The molecule has 0 saturated carbocycles. The number of pyridine rings is 2. The van der Waals surface area contributed by atoms with Crippen LogP contribution in [-0.4, -0.2) is 77.7 Å². The number of rotatable bonds is 6. The van der Waals surface area contributed by atoms with E-state index >= 15 is 0 Å². The fourth-order valence-corrected chi connectivity index (χ4v) is 6.05. The summed E-state index contributed by atoms with van der Waals surface area (Å²) >= 11 is 6.37. The molecule has 2 aliphatic heterocycles. The summed E-state index contributed by atoms with van der Waals surface area (Å²) < 4.78 is 87.2. The second kappa shape index (κ2) is 11.9. The average molecular weight is 656 g/mol. The van der Waals surface area contributed by atoms with Crippen molar-refractivity contribution in [3.63, 3.8) is 0 Å². The molecule has 240 valence electrons. The van der Waals surface area contributed by atoms with Crippen LogP contribution in [0, 0.1) is 0 Å². The molecule has 2 fully saturated rings. The summed E-state index contributed by atoms with van der Waals surface area (Å²) in [4.78, 5) is 21.0. The van der Waals surface area contributed by atoms with Crippen molar-refractivity contribution in [3.8, 4) is 0 Å². The Balaban J connectivity index is 1.33. The monoisotopic (exact) mass is 655 g/mol. The van der Waals surface area contributed by atoms with E-state index in [-0.39, 0.29) is 34.9 Å². The third kappa shape index (κ3) is 6.40. The number of hydrogen-bond acceptors (Lipinski definition) is 9. The lowest BCUT2D eigenvalue weighted by Gasteiger charge is -2.47. The van der Waals surface area contributed by atoms with Gasteiger partial charge in [-0.05, 0) is 62.6 Å². The van der Waals surface area contributed by atoms with Gasteiger partial charge in [0.05, 0.1) is 41.2 Å². The summed E-state index contributed by atoms with van der Waals surface area (Å²) in [5.74, 6) is 0.472. The van der Waals surface area contributed by atoms with Gasteiger partial charge in [0.15, 0.2) is 17.0 Å². The molecule has 0 spiro atoms. The van der Waals surface area contributed by atoms with Crippen LogP contribution >= 0.6 is 11.6 Å². The first-order chi connectivity index (χ1) is 21.3. The first-order valence-corrected chi connectivity index (χ1v) is 14.6. The van der Waals surface area contributed by atoms with Gasteiger partial charge in [0.25, 0.3) is 0 Å². The molecule has 0 aromatic carbocycles. The molecule has 45 heavy (non-hydrogen) atoms. The van der Waals surface area contributed by atoms with Gasteiger partial charge >= 0.3 is 12.4 Å². The van der Waals surface area contributed by atoms with Crippen molar-refractivity contribution in [2.75, 3.05) is 24.6 Å². The predicted octanol–water partition coefficient (Wildman–Crippen LogP) is 5.57. The minimum atomic E-state index is -4.60. The lowest BCUT2D eigenvalue weighted by atomic mass is 9.99. The summed E-state index contributed by atoms with van der Waals surface area (Å²) in [7, 11) is 0. The Morgan fingerprint density at radius 1 is 0.911 bits per heavy atom. The summed E-state index contributed by atoms with van der Waals surface area (Å²) in [5, 5.41) is 8.65. The number of hydrogen-bond donors (Lipinski definition) is 0. The highest BCUT2D eigenvalue weighted by Crippen LogP contribution is 2.37. The predicted molar refractivity (Wildman–Crippen MR) is 150 cm³/mol. The van der Waals surface area contributed by atoms with Crippen LogP contribution in [0.3, 0.4) is 0 Å². The van der Waals surface area contributed by atoms with Crippen LogP contribution in [0.4, 0.5) is 32.2 Å². The summed E-state index contributed by atoms with van der Waals surface area (Å²) in [6, 6.07) is 2.88. The summed E-state index contributed by atoms with van der Waals surface area (Å²) in [5.41, 5.74) is -0.527. The smallest absolute Gasteiger partial charge is 0.376 e. The highest BCUT2D eigenvalue weighted by Gasteiger charge is 2.39. The molecule has 0 radical (unpaired) electrons. The molecule has 2 saturated heterocycles. The van der Waals surface area contributed by atoms with E-state index in [2.05, 4.69) is 30.2 Å². The summed E-state index contributed by atoms with van der Waals surface area (Å²) in [6.45, 7) is 5.65. The molecule has 3 atom stereocenters. The molecule has 0 N–H and O–H groups in total. The highest BCUT2D eigenvalue weighted by atomic mass is 35.5. The van der Waals surface area contributed by atoms with Crippen LogP contribution in [-0.2, 0) is 23.6 Å². The highest BCUT2D eigenvalue weighted by molar-refractivity contribution is 6.28. The second-order valence-corrected chi connectivity index (χ2v) is 11.6. The minimum absolute atomic E-state index is 0.0101.